The van der Waals surface area contributed by atoms with Crippen molar-refractivity contribution in [2.24, 2.45) is 0 Å². The van der Waals surface area contributed by atoms with E-state index < -0.39 is 0 Å². The third kappa shape index (κ3) is 4.61. The Balaban J connectivity index is 1.85. The van der Waals surface area contributed by atoms with Crippen LogP contribution in [-0.4, -0.2) is 39.3 Å². The van der Waals surface area contributed by atoms with E-state index in [0.29, 0.717) is 18.7 Å². The average Bonchev–Trinajstić information content (AvgIpc) is 3.03. The number of aromatic nitrogens is 3. The Kier molecular flexibility index (Phi) is 6.09. The summed E-state index contributed by atoms with van der Waals surface area (Å²) in [6.45, 7) is 0.837. The summed E-state index contributed by atoms with van der Waals surface area (Å²) in [5, 5.41) is 18.6. The van der Waals surface area contributed by atoms with Crippen molar-refractivity contribution in [3.63, 3.8) is 0 Å². The standard InChI is InChI=1S/C19H21N3O2S/c1-24-17-9-7-15(8-10-17)13-18-20-21-19(25-12-11-23)22(18)14-16-5-3-2-4-6-16/h2-10,23H,11-14H2,1H3. The molecule has 3 rings (SSSR count). The zero-order valence-corrected chi connectivity index (χ0v) is 14.9. The average molecular weight is 355 g/mol. The van der Waals surface area contributed by atoms with Gasteiger partial charge < -0.3 is 14.4 Å². The number of methoxy groups -OCH3 is 1. The molecule has 0 aliphatic heterocycles. The molecule has 0 unspecified atom stereocenters. The van der Waals surface area contributed by atoms with E-state index in [0.717, 1.165) is 22.3 Å². The number of thioether (sulfide) groups is 1. The van der Waals surface area contributed by atoms with Gasteiger partial charge in [0.05, 0.1) is 20.3 Å². The molecule has 0 fully saturated rings. The van der Waals surface area contributed by atoms with E-state index in [-0.39, 0.29) is 6.61 Å². The van der Waals surface area contributed by atoms with Gasteiger partial charge in [0.1, 0.15) is 11.6 Å². The van der Waals surface area contributed by atoms with Gasteiger partial charge in [0.25, 0.3) is 0 Å². The van der Waals surface area contributed by atoms with Crippen molar-refractivity contribution in [1.29, 1.82) is 0 Å². The van der Waals surface area contributed by atoms with Crippen LogP contribution in [0.25, 0.3) is 0 Å². The third-order valence-corrected chi connectivity index (χ3v) is 4.77. The molecule has 2 aromatic carbocycles. The Bertz CT molecular complexity index is 788. The normalized spacial score (nSPS) is 10.8. The summed E-state index contributed by atoms with van der Waals surface area (Å²) in [5.74, 6) is 2.36. The molecule has 3 aromatic rings. The van der Waals surface area contributed by atoms with Crippen LogP contribution in [0.3, 0.4) is 0 Å². The van der Waals surface area contributed by atoms with Gasteiger partial charge in [-0.05, 0) is 23.3 Å². The number of benzene rings is 2. The fourth-order valence-electron chi connectivity index (χ4n) is 2.54. The van der Waals surface area contributed by atoms with Gasteiger partial charge in [0.15, 0.2) is 5.16 Å². The van der Waals surface area contributed by atoms with Crippen molar-refractivity contribution in [2.45, 2.75) is 18.1 Å². The Morgan fingerprint density at radius 1 is 1.00 bits per heavy atom. The molecule has 6 heteroatoms. The van der Waals surface area contributed by atoms with Crippen molar-refractivity contribution in [1.82, 2.24) is 14.8 Å². The molecular weight excluding hydrogens is 334 g/mol. The summed E-state index contributed by atoms with van der Waals surface area (Å²) >= 11 is 1.52. The second kappa shape index (κ2) is 8.69. The topological polar surface area (TPSA) is 60.2 Å². The minimum absolute atomic E-state index is 0.122. The van der Waals surface area contributed by atoms with Crippen molar-refractivity contribution < 1.29 is 9.84 Å². The van der Waals surface area contributed by atoms with E-state index in [9.17, 15) is 0 Å². The molecule has 0 spiro atoms. The lowest BCUT2D eigenvalue weighted by Crippen LogP contribution is -2.08. The Labute approximate surface area is 151 Å². The predicted molar refractivity (Wildman–Crippen MR) is 99.2 cm³/mol. The smallest absolute Gasteiger partial charge is 0.191 e. The third-order valence-electron chi connectivity index (χ3n) is 3.82. The maximum Gasteiger partial charge on any atom is 0.191 e. The van der Waals surface area contributed by atoms with E-state index in [1.165, 1.54) is 17.3 Å². The number of nitrogens with zero attached hydrogens (tertiary/aromatic N) is 3. The molecule has 0 saturated heterocycles. The summed E-state index contributed by atoms with van der Waals surface area (Å²) in [6, 6.07) is 18.3. The minimum atomic E-state index is 0.122. The van der Waals surface area contributed by atoms with Crippen molar-refractivity contribution in [3.8, 4) is 5.75 Å². The van der Waals surface area contributed by atoms with E-state index >= 15 is 0 Å². The van der Waals surface area contributed by atoms with Crippen LogP contribution in [0, 0.1) is 0 Å². The molecule has 0 aliphatic carbocycles. The van der Waals surface area contributed by atoms with Crippen LogP contribution in [0.5, 0.6) is 5.75 Å². The Morgan fingerprint density at radius 3 is 2.44 bits per heavy atom. The van der Waals surface area contributed by atoms with Crippen LogP contribution < -0.4 is 4.74 Å². The second-order valence-electron chi connectivity index (χ2n) is 5.57. The van der Waals surface area contributed by atoms with Crippen LogP contribution in [-0.2, 0) is 13.0 Å². The van der Waals surface area contributed by atoms with Crippen molar-refractivity contribution in [2.75, 3.05) is 19.5 Å². The Morgan fingerprint density at radius 2 is 1.76 bits per heavy atom. The molecule has 0 amide bonds. The predicted octanol–water partition coefficient (Wildman–Crippen LogP) is 3.01. The first-order valence-corrected chi connectivity index (χ1v) is 9.11. The summed E-state index contributed by atoms with van der Waals surface area (Å²) in [4.78, 5) is 0. The molecule has 5 nitrogen and oxygen atoms in total. The summed E-state index contributed by atoms with van der Waals surface area (Å²) in [5.41, 5.74) is 2.35. The van der Waals surface area contributed by atoms with Crippen LogP contribution in [0.4, 0.5) is 0 Å². The minimum Gasteiger partial charge on any atom is -0.497 e. The lowest BCUT2D eigenvalue weighted by atomic mass is 10.1. The van der Waals surface area contributed by atoms with Crippen LogP contribution in [0.1, 0.15) is 17.0 Å². The van der Waals surface area contributed by atoms with Crippen molar-refractivity contribution >= 4 is 11.8 Å². The van der Waals surface area contributed by atoms with Crippen LogP contribution in [0.2, 0.25) is 0 Å². The zero-order valence-electron chi connectivity index (χ0n) is 14.1. The molecule has 0 aliphatic rings. The largest absolute Gasteiger partial charge is 0.497 e. The molecule has 25 heavy (non-hydrogen) atoms. The fraction of sp³-hybridized carbons (Fsp3) is 0.263. The van der Waals surface area contributed by atoms with E-state index in [2.05, 4.69) is 26.9 Å². The molecule has 0 radical (unpaired) electrons. The zero-order chi connectivity index (χ0) is 17.5. The van der Waals surface area contributed by atoms with Gasteiger partial charge in [0.2, 0.25) is 0 Å². The van der Waals surface area contributed by atoms with Gasteiger partial charge in [-0.3, -0.25) is 0 Å². The van der Waals surface area contributed by atoms with Gasteiger partial charge >= 0.3 is 0 Å². The van der Waals surface area contributed by atoms with Crippen molar-refractivity contribution in [3.05, 3.63) is 71.5 Å². The quantitative estimate of drug-likeness (QED) is 0.630. The number of ether oxygens (including phenoxy) is 1. The second-order valence-corrected chi connectivity index (χ2v) is 6.63. The first-order valence-electron chi connectivity index (χ1n) is 8.12. The molecule has 1 N–H and O–H groups in total. The summed E-state index contributed by atoms with van der Waals surface area (Å²) in [6.07, 6.45) is 0.698. The number of hydrogen-bond donors (Lipinski definition) is 1. The molecule has 0 atom stereocenters. The monoisotopic (exact) mass is 355 g/mol. The SMILES string of the molecule is COc1ccc(Cc2nnc(SCCO)n2Cc2ccccc2)cc1. The lowest BCUT2D eigenvalue weighted by Gasteiger charge is -2.10. The molecular formula is C19H21N3O2S. The van der Waals surface area contributed by atoms with Gasteiger partial charge in [-0.25, -0.2) is 0 Å². The highest BCUT2D eigenvalue weighted by Crippen LogP contribution is 2.21. The highest BCUT2D eigenvalue weighted by Gasteiger charge is 2.13. The van der Waals surface area contributed by atoms with E-state index in [1.54, 1.807) is 7.11 Å². The molecule has 0 bridgehead atoms. The number of hydrogen-bond acceptors (Lipinski definition) is 5. The highest BCUT2D eigenvalue weighted by molar-refractivity contribution is 7.99. The number of rotatable bonds is 8. The summed E-state index contributed by atoms with van der Waals surface area (Å²) < 4.78 is 7.34. The van der Waals surface area contributed by atoms with Gasteiger partial charge in [-0.2, -0.15) is 0 Å². The number of aliphatic hydroxyl groups is 1. The number of aliphatic hydroxyl groups excluding tert-OH is 1. The lowest BCUT2D eigenvalue weighted by molar-refractivity contribution is 0.322. The van der Waals surface area contributed by atoms with Gasteiger partial charge in [0, 0.05) is 12.2 Å². The summed E-state index contributed by atoms with van der Waals surface area (Å²) in [7, 11) is 1.66. The van der Waals surface area contributed by atoms with Crippen LogP contribution >= 0.6 is 11.8 Å². The first-order chi connectivity index (χ1) is 12.3. The van der Waals surface area contributed by atoms with Gasteiger partial charge in [-0.15, -0.1) is 10.2 Å². The maximum atomic E-state index is 9.11. The van der Waals surface area contributed by atoms with E-state index in [1.807, 2.05) is 42.5 Å². The van der Waals surface area contributed by atoms with Gasteiger partial charge in [-0.1, -0.05) is 54.2 Å². The Hall–Kier alpha value is -2.31. The molecule has 1 heterocycles. The maximum absolute atomic E-state index is 9.11. The first kappa shape index (κ1) is 17.5. The molecule has 130 valence electrons. The highest BCUT2D eigenvalue weighted by atomic mass is 32.2. The molecule has 1 aromatic heterocycles. The molecule has 0 saturated carbocycles. The van der Waals surface area contributed by atoms with Crippen LogP contribution in [0.15, 0.2) is 59.8 Å². The fourth-order valence-corrected chi connectivity index (χ4v) is 3.24. The van der Waals surface area contributed by atoms with E-state index in [4.69, 9.17) is 9.84 Å².